The van der Waals surface area contributed by atoms with Crippen LogP contribution in [0.2, 0.25) is 0 Å². The van der Waals surface area contributed by atoms with Gasteiger partial charge in [-0.15, -0.1) is 11.8 Å². The van der Waals surface area contributed by atoms with Crippen molar-refractivity contribution < 1.29 is 13.2 Å². The monoisotopic (exact) mass is 419 g/mol. The fourth-order valence-electron chi connectivity index (χ4n) is 6.59. The lowest BCUT2D eigenvalue weighted by Crippen LogP contribution is -2.48. The van der Waals surface area contributed by atoms with Crippen molar-refractivity contribution in [3.8, 4) is 0 Å². The summed E-state index contributed by atoms with van der Waals surface area (Å²) >= 11 is 1.92. The fourth-order valence-corrected chi connectivity index (χ4v) is 9.25. The molecular formula is C22H29NO3S2. The molecule has 28 heavy (non-hydrogen) atoms. The zero-order chi connectivity index (χ0) is 19.5. The maximum absolute atomic E-state index is 12.9. The predicted octanol–water partition coefficient (Wildman–Crippen LogP) is 4.28. The Hall–Kier alpha value is -1.01. The van der Waals surface area contributed by atoms with Crippen LogP contribution >= 0.6 is 11.8 Å². The number of rotatable bonds is 5. The van der Waals surface area contributed by atoms with Gasteiger partial charge in [0, 0.05) is 16.9 Å². The van der Waals surface area contributed by atoms with E-state index >= 15 is 0 Å². The molecule has 4 aliphatic carbocycles. The SMILES string of the molecule is CS(=O)(=O)N1CCCc2cc(C(=O)CSC34CC5CC(CC(C5)C3)C4)ccc21. The highest BCUT2D eigenvalue weighted by molar-refractivity contribution is 8.01. The van der Waals surface area contributed by atoms with Crippen LogP contribution in [0.1, 0.15) is 60.9 Å². The van der Waals surface area contributed by atoms with Crippen molar-refractivity contribution in [2.45, 2.75) is 56.1 Å². The molecule has 0 spiro atoms. The Morgan fingerprint density at radius 3 is 2.39 bits per heavy atom. The van der Waals surface area contributed by atoms with Crippen LogP contribution in [0.3, 0.4) is 0 Å². The molecule has 0 aromatic heterocycles. The van der Waals surface area contributed by atoms with Gasteiger partial charge in [-0.05, 0) is 92.9 Å². The molecule has 4 fully saturated rings. The summed E-state index contributed by atoms with van der Waals surface area (Å²) in [7, 11) is -3.26. The standard InChI is InChI=1S/C22H29NO3S2/c1-28(25,26)23-6-2-3-18-10-19(4-5-20(18)23)21(24)14-27-22-11-15-7-16(12-22)9-17(8-15)13-22/h4-5,10,15-17H,2-3,6-9,11-14H2,1H3. The Kier molecular flexibility index (Phi) is 4.58. The number of carbonyl (C=O) groups excluding carboxylic acids is 1. The highest BCUT2D eigenvalue weighted by Gasteiger charge is 2.51. The molecule has 0 atom stereocenters. The van der Waals surface area contributed by atoms with Crippen molar-refractivity contribution >= 4 is 33.3 Å². The van der Waals surface area contributed by atoms with Crippen molar-refractivity contribution in [3.63, 3.8) is 0 Å². The number of benzene rings is 1. The minimum Gasteiger partial charge on any atom is -0.293 e. The maximum Gasteiger partial charge on any atom is 0.232 e. The second-order valence-corrected chi connectivity index (χ2v) is 12.9. The van der Waals surface area contributed by atoms with Gasteiger partial charge in [0.15, 0.2) is 5.78 Å². The van der Waals surface area contributed by atoms with E-state index in [9.17, 15) is 13.2 Å². The van der Waals surface area contributed by atoms with Gasteiger partial charge in [0.25, 0.3) is 0 Å². The lowest BCUT2D eigenvalue weighted by molar-refractivity contribution is 0.0383. The first-order valence-corrected chi connectivity index (χ1v) is 13.4. The summed E-state index contributed by atoms with van der Waals surface area (Å²) in [5.74, 6) is 3.46. The number of carbonyl (C=O) groups is 1. The molecule has 0 unspecified atom stereocenters. The van der Waals surface area contributed by atoms with Crippen LogP contribution in [-0.4, -0.2) is 37.5 Å². The number of sulfonamides is 1. The van der Waals surface area contributed by atoms with E-state index in [4.69, 9.17) is 0 Å². The van der Waals surface area contributed by atoms with E-state index in [2.05, 4.69) is 0 Å². The third-order valence-electron chi connectivity index (χ3n) is 7.37. The largest absolute Gasteiger partial charge is 0.293 e. The van der Waals surface area contributed by atoms with Crippen LogP contribution < -0.4 is 4.31 Å². The second-order valence-electron chi connectivity index (χ2n) is 9.59. The molecule has 1 aromatic carbocycles. The Bertz CT molecular complexity index is 873. The molecule has 1 heterocycles. The molecule has 0 saturated heterocycles. The summed E-state index contributed by atoms with van der Waals surface area (Å²) in [6, 6.07) is 5.60. The van der Waals surface area contributed by atoms with Gasteiger partial charge in [-0.2, -0.15) is 0 Å². The van der Waals surface area contributed by atoms with E-state index in [0.717, 1.165) is 47.4 Å². The van der Waals surface area contributed by atoms with E-state index < -0.39 is 10.0 Å². The lowest BCUT2D eigenvalue weighted by Gasteiger charge is -2.56. The van der Waals surface area contributed by atoms with Crippen LogP contribution in [0.4, 0.5) is 5.69 Å². The number of anilines is 1. The Balaban J connectivity index is 1.30. The van der Waals surface area contributed by atoms with Gasteiger partial charge in [0.1, 0.15) is 0 Å². The van der Waals surface area contributed by atoms with Crippen molar-refractivity contribution in [1.82, 2.24) is 0 Å². The molecule has 152 valence electrons. The van der Waals surface area contributed by atoms with Crippen molar-refractivity contribution in [2.75, 3.05) is 22.9 Å². The number of ketones is 1. The van der Waals surface area contributed by atoms with Gasteiger partial charge in [-0.1, -0.05) is 0 Å². The highest BCUT2D eigenvalue weighted by atomic mass is 32.2. The van der Waals surface area contributed by atoms with Gasteiger partial charge in [0.05, 0.1) is 17.7 Å². The van der Waals surface area contributed by atoms with Crippen LogP contribution in [0.5, 0.6) is 0 Å². The summed E-state index contributed by atoms with van der Waals surface area (Å²) in [6.07, 6.45) is 11.1. The Morgan fingerprint density at radius 2 is 1.79 bits per heavy atom. The highest BCUT2D eigenvalue weighted by Crippen LogP contribution is 2.60. The van der Waals surface area contributed by atoms with Crippen LogP contribution in [0.15, 0.2) is 18.2 Å². The second kappa shape index (κ2) is 6.76. The number of Topliss-reactive ketones (excluding diaryl/α,β-unsaturated/α-hetero) is 1. The van der Waals surface area contributed by atoms with Crippen LogP contribution in [0.25, 0.3) is 0 Å². The zero-order valence-corrected chi connectivity index (χ0v) is 18.2. The van der Waals surface area contributed by atoms with Gasteiger partial charge in [-0.3, -0.25) is 9.10 Å². The Labute approximate surface area is 172 Å². The summed E-state index contributed by atoms with van der Waals surface area (Å²) in [4.78, 5) is 12.9. The van der Waals surface area contributed by atoms with E-state index in [1.165, 1.54) is 49.1 Å². The molecule has 0 N–H and O–H groups in total. The molecule has 1 aliphatic heterocycles. The summed E-state index contributed by atoms with van der Waals surface area (Å²) in [5, 5.41) is 0. The third-order valence-corrected chi connectivity index (χ3v) is 10.1. The lowest BCUT2D eigenvalue weighted by atomic mass is 9.56. The average molecular weight is 420 g/mol. The minimum atomic E-state index is -3.26. The molecule has 6 heteroatoms. The van der Waals surface area contributed by atoms with E-state index in [-0.39, 0.29) is 5.78 Å². The first-order chi connectivity index (χ1) is 13.3. The Morgan fingerprint density at radius 1 is 1.14 bits per heavy atom. The number of hydrogen-bond acceptors (Lipinski definition) is 4. The van der Waals surface area contributed by atoms with Crippen molar-refractivity contribution in [1.29, 1.82) is 0 Å². The molecule has 4 bridgehead atoms. The summed E-state index contributed by atoms with van der Waals surface area (Å²) < 4.78 is 25.9. The normalized spacial score (nSPS) is 33.8. The van der Waals surface area contributed by atoms with Crippen LogP contribution in [-0.2, 0) is 16.4 Å². The third kappa shape index (κ3) is 3.41. The quantitative estimate of drug-likeness (QED) is 0.669. The van der Waals surface area contributed by atoms with Crippen molar-refractivity contribution in [2.24, 2.45) is 17.8 Å². The molecule has 5 aliphatic rings. The first kappa shape index (κ1) is 19.0. The molecule has 6 rings (SSSR count). The average Bonchev–Trinajstić information content (AvgIpc) is 2.63. The van der Waals surface area contributed by atoms with Gasteiger partial charge in [0.2, 0.25) is 10.0 Å². The molecular weight excluding hydrogens is 390 g/mol. The summed E-state index contributed by atoms with van der Waals surface area (Å²) in [6.45, 7) is 0.529. The zero-order valence-electron chi connectivity index (χ0n) is 16.5. The maximum atomic E-state index is 12.9. The smallest absolute Gasteiger partial charge is 0.232 e. The van der Waals surface area contributed by atoms with Crippen LogP contribution in [0, 0.1) is 17.8 Å². The molecule has 1 aromatic rings. The summed E-state index contributed by atoms with van der Waals surface area (Å²) in [5.41, 5.74) is 2.48. The van der Waals surface area contributed by atoms with E-state index in [1.807, 2.05) is 30.0 Å². The number of thioether (sulfide) groups is 1. The van der Waals surface area contributed by atoms with E-state index in [1.54, 1.807) is 0 Å². The molecule has 0 amide bonds. The predicted molar refractivity (Wildman–Crippen MR) is 115 cm³/mol. The molecule has 4 saturated carbocycles. The topological polar surface area (TPSA) is 54.5 Å². The minimum absolute atomic E-state index is 0.194. The van der Waals surface area contributed by atoms with Gasteiger partial charge in [-0.25, -0.2) is 8.42 Å². The first-order valence-electron chi connectivity index (χ1n) is 10.6. The van der Waals surface area contributed by atoms with E-state index in [0.29, 0.717) is 17.0 Å². The molecule has 4 nitrogen and oxygen atoms in total. The number of nitrogens with zero attached hydrogens (tertiary/aromatic N) is 1. The molecule has 0 radical (unpaired) electrons. The van der Waals surface area contributed by atoms with Gasteiger partial charge < -0.3 is 0 Å². The number of fused-ring (bicyclic) bond motifs is 1. The number of hydrogen-bond donors (Lipinski definition) is 0. The van der Waals surface area contributed by atoms with Gasteiger partial charge >= 0.3 is 0 Å². The fraction of sp³-hybridized carbons (Fsp3) is 0.682. The van der Waals surface area contributed by atoms with Crippen molar-refractivity contribution in [3.05, 3.63) is 29.3 Å². The number of aryl methyl sites for hydroxylation is 1.